The molecule has 0 radical (unpaired) electrons. The highest BCUT2D eigenvalue weighted by Crippen LogP contribution is 2.24. The Morgan fingerprint density at radius 1 is 0.950 bits per heavy atom. The molecule has 0 aliphatic heterocycles. The van der Waals surface area contributed by atoms with Crippen LogP contribution in [0.5, 0.6) is 5.75 Å². The first-order chi connectivity index (χ1) is 9.76. The molecular weight excluding hydrogens is 259 g/mol. The van der Waals surface area contributed by atoms with Gasteiger partial charge in [-0.15, -0.1) is 0 Å². The average molecular weight is 270 g/mol. The van der Waals surface area contributed by atoms with Gasteiger partial charge in [0.05, 0.1) is 7.11 Å². The van der Waals surface area contributed by atoms with Crippen LogP contribution in [0.4, 0.5) is 4.39 Å². The van der Waals surface area contributed by atoms with E-state index in [1.54, 1.807) is 19.2 Å². The van der Waals surface area contributed by atoms with Gasteiger partial charge in [-0.05, 0) is 48.5 Å². The van der Waals surface area contributed by atoms with Crippen LogP contribution in [-0.2, 0) is 0 Å². The molecular formula is C15H11FN2O2. The molecule has 0 saturated heterocycles. The first-order valence-corrected chi connectivity index (χ1v) is 6.00. The lowest BCUT2D eigenvalue weighted by molar-refractivity contribution is 0.414. The summed E-state index contributed by atoms with van der Waals surface area (Å²) in [6.07, 6.45) is 0. The molecule has 0 atom stereocenters. The third-order valence-corrected chi connectivity index (χ3v) is 2.87. The fraction of sp³-hybridized carbons (Fsp3) is 0.0667. The Kier molecular flexibility index (Phi) is 3.16. The Bertz CT molecular complexity index is 705. The standard InChI is InChI=1S/C15H11FN2O2/c1-19-13-8-4-11(5-9-13)15-17-14(18-20-15)10-2-6-12(16)7-3-10/h2-9H,1H3. The normalized spacial score (nSPS) is 10.5. The van der Waals surface area contributed by atoms with E-state index in [4.69, 9.17) is 9.26 Å². The maximum absolute atomic E-state index is 12.9. The van der Waals surface area contributed by atoms with Gasteiger partial charge < -0.3 is 9.26 Å². The summed E-state index contributed by atoms with van der Waals surface area (Å²) in [7, 11) is 1.61. The molecule has 0 aliphatic rings. The first-order valence-electron chi connectivity index (χ1n) is 6.00. The van der Waals surface area contributed by atoms with E-state index in [1.807, 2.05) is 24.3 Å². The van der Waals surface area contributed by atoms with E-state index in [0.717, 1.165) is 11.3 Å². The van der Waals surface area contributed by atoms with Crippen molar-refractivity contribution >= 4 is 0 Å². The van der Waals surface area contributed by atoms with Crippen LogP contribution in [0, 0.1) is 5.82 Å². The Balaban J connectivity index is 1.91. The van der Waals surface area contributed by atoms with Crippen LogP contribution >= 0.6 is 0 Å². The summed E-state index contributed by atoms with van der Waals surface area (Å²) in [5.74, 6) is 1.29. The first kappa shape index (κ1) is 12.3. The number of ether oxygens (including phenoxy) is 1. The van der Waals surface area contributed by atoms with Crippen molar-refractivity contribution in [1.29, 1.82) is 0 Å². The minimum Gasteiger partial charge on any atom is -0.497 e. The second kappa shape index (κ2) is 5.13. The summed E-state index contributed by atoms with van der Waals surface area (Å²) >= 11 is 0. The molecule has 0 aliphatic carbocycles. The molecule has 0 N–H and O–H groups in total. The van der Waals surface area contributed by atoms with Gasteiger partial charge in [0.15, 0.2) is 0 Å². The molecule has 0 saturated carbocycles. The second-order valence-corrected chi connectivity index (χ2v) is 4.16. The van der Waals surface area contributed by atoms with Gasteiger partial charge in [0.25, 0.3) is 5.89 Å². The van der Waals surface area contributed by atoms with Crippen LogP contribution in [-0.4, -0.2) is 17.3 Å². The van der Waals surface area contributed by atoms with Gasteiger partial charge in [-0.25, -0.2) is 4.39 Å². The second-order valence-electron chi connectivity index (χ2n) is 4.16. The summed E-state index contributed by atoms with van der Waals surface area (Å²) < 4.78 is 23.2. The highest BCUT2D eigenvalue weighted by Gasteiger charge is 2.10. The topological polar surface area (TPSA) is 48.2 Å². The van der Waals surface area contributed by atoms with E-state index in [2.05, 4.69) is 10.1 Å². The van der Waals surface area contributed by atoms with Crippen LogP contribution in [0.25, 0.3) is 22.8 Å². The fourth-order valence-corrected chi connectivity index (χ4v) is 1.79. The van der Waals surface area contributed by atoms with Gasteiger partial charge >= 0.3 is 0 Å². The van der Waals surface area contributed by atoms with E-state index in [1.165, 1.54) is 12.1 Å². The molecule has 0 unspecified atom stereocenters. The molecule has 0 fully saturated rings. The minimum atomic E-state index is -0.298. The Morgan fingerprint density at radius 3 is 2.25 bits per heavy atom. The Morgan fingerprint density at radius 2 is 1.60 bits per heavy atom. The van der Waals surface area contributed by atoms with Crippen molar-refractivity contribution in [1.82, 2.24) is 10.1 Å². The Hall–Kier alpha value is -2.69. The maximum Gasteiger partial charge on any atom is 0.258 e. The number of hydrogen-bond acceptors (Lipinski definition) is 4. The van der Waals surface area contributed by atoms with Crippen molar-refractivity contribution < 1.29 is 13.7 Å². The highest BCUT2D eigenvalue weighted by atomic mass is 19.1. The number of nitrogens with zero attached hydrogens (tertiary/aromatic N) is 2. The van der Waals surface area contributed by atoms with Gasteiger partial charge in [-0.2, -0.15) is 4.98 Å². The fourth-order valence-electron chi connectivity index (χ4n) is 1.79. The minimum absolute atomic E-state index is 0.298. The molecule has 0 amide bonds. The number of methoxy groups -OCH3 is 1. The average Bonchev–Trinajstić information content (AvgIpc) is 2.98. The zero-order valence-corrected chi connectivity index (χ0v) is 10.7. The number of rotatable bonds is 3. The summed E-state index contributed by atoms with van der Waals surface area (Å²) in [6.45, 7) is 0. The number of hydrogen-bond donors (Lipinski definition) is 0. The molecule has 3 aromatic rings. The molecule has 4 nitrogen and oxygen atoms in total. The van der Waals surface area contributed by atoms with Gasteiger partial charge in [-0.1, -0.05) is 5.16 Å². The monoisotopic (exact) mass is 270 g/mol. The van der Waals surface area contributed by atoms with E-state index in [0.29, 0.717) is 17.3 Å². The van der Waals surface area contributed by atoms with Crippen molar-refractivity contribution in [2.45, 2.75) is 0 Å². The lowest BCUT2D eigenvalue weighted by atomic mass is 10.2. The van der Waals surface area contributed by atoms with E-state index in [-0.39, 0.29) is 5.82 Å². The van der Waals surface area contributed by atoms with Gasteiger partial charge in [0, 0.05) is 11.1 Å². The summed E-state index contributed by atoms with van der Waals surface area (Å²) in [6, 6.07) is 13.2. The smallest absolute Gasteiger partial charge is 0.258 e. The molecule has 100 valence electrons. The highest BCUT2D eigenvalue weighted by molar-refractivity contribution is 5.60. The van der Waals surface area contributed by atoms with E-state index in [9.17, 15) is 4.39 Å². The van der Waals surface area contributed by atoms with Crippen molar-refractivity contribution in [3.05, 3.63) is 54.3 Å². The largest absolute Gasteiger partial charge is 0.497 e. The SMILES string of the molecule is COc1ccc(-c2nc(-c3ccc(F)cc3)no2)cc1. The van der Waals surface area contributed by atoms with Gasteiger partial charge in [0.1, 0.15) is 11.6 Å². The third kappa shape index (κ3) is 2.38. The van der Waals surface area contributed by atoms with Gasteiger partial charge in [0.2, 0.25) is 5.82 Å². The van der Waals surface area contributed by atoms with Crippen molar-refractivity contribution in [2.75, 3.05) is 7.11 Å². The molecule has 0 spiro atoms. The van der Waals surface area contributed by atoms with Crippen molar-refractivity contribution in [3.63, 3.8) is 0 Å². The number of aromatic nitrogens is 2. The molecule has 20 heavy (non-hydrogen) atoms. The quantitative estimate of drug-likeness (QED) is 0.730. The zero-order valence-electron chi connectivity index (χ0n) is 10.7. The maximum atomic E-state index is 12.9. The molecule has 3 rings (SSSR count). The third-order valence-electron chi connectivity index (χ3n) is 2.87. The van der Waals surface area contributed by atoms with Crippen LogP contribution < -0.4 is 4.74 Å². The summed E-state index contributed by atoms with van der Waals surface area (Å²) in [5.41, 5.74) is 1.50. The van der Waals surface area contributed by atoms with Gasteiger partial charge in [-0.3, -0.25) is 0 Å². The number of halogens is 1. The predicted octanol–water partition coefficient (Wildman–Crippen LogP) is 3.55. The molecule has 2 aromatic carbocycles. The lowest BCUT2D eigenvalue weighted by Gasteiger charge is -1.98. The van der Waals surface area contributed by atoms with E-state index >= 15 is 0 Å². The zero-order chi connectivity index (χ0) is 13.9. The lowest BCUT2D eigenvalue weighted by Crippen LogP contribution is -1.83. The predicted molar refractivity (Wildman–Crippen MR) is 71.7 cm³/mol. The summed E-state index contributed by atoms with van der Waals surface area (Å²) in [4.78, 5) is 4.29. The number of benzene rings is 2. The summed E-state index contributed by atoms with van der Waals surface area (Å²) in [5, 5.41) is 3.90. The van der Waals surface area contributed by atoms with E-state index < -0.39 is 0 Å². The van der Waals surface area contributed by atoms with Crippen molar-refractivity contribution in [3.8, 4) is 28.6 Å². The van der Waals surface area contributed by atoms with Crippen molar-refractivity contribution in [2.24, 2.45) is 0 Å². The molecule has 5 heteroatoms. The van der Waals surface area contributed by atoms with Crippen LogP contribution in [0.15, 0.2) is 53.1 Å². The van der Waals surface area contributed by atoms with Crippen LogP contribution in [0.2, 0.25) is 0 Å². The van der Waals surface area contributed by atoms with Crippen LogP contribution in [0.1, 0.15) is 0 Å². The molecule has 1 aromatic heterocycles. The Labute approximate surface area is 114 Å². The molecule has 1 heterocycles. The van der Waals surface area contributed by atoms with Crippen LogP contribution in [0.3, 0.4) is 0 Å². The molecule has 0 bridgehead atoms.